The van der Waals surface area contributed by atoms with Crippen LogP contribution in [0.25, 0.3) is 0 Å². The average molecular weight is 403 g/mol. The van der Waals surface area contributed by atoms with Crippen LogP contribution in [-0.4, -0.2) is 41.2 Å². The van der Waals surface area contributed by atoms with Crippen molar-refractivity contribution < 1.29 is 19.1 Å². The number of carbonyl (C=O) groups excluding carboxylic acids is 3. The minimum absolute atomic E-state index is 0.0461. The number of rotatable bonds is 2. The summed E-state index contributed by atoms with van der Waals surface area (Å²) in [5, 5.41) is 0.523. The predicted octanol–water partition coefficient (Wildman–Crippen LogP) is 2.42. The molecule has 0 radical (unpaired) electrons. The minimum atomic E-state index is -0.561. The molecular formula is C21H23ClN2O4. The Balaban J connectivity index is 1.32. The van der Waals surface area contributed by atoms with Gasteiger partial charge in [-0.3, -0.25) is 14.4 Å². The zero-order valence-electron chi connectivity index (χ0n) is 15.5. The molecule has 3 fully saturated rings. The Bertz CT molecular complexity index is 879. The maximum absolute atomic E-state index is 13.1. The Labute approximate surface area is 168 Å². The molecule has 4 atom stereocenters. The number of hydrogen-bond donors (Lipinski definition) is 1. The first kappa shape index (κ1) is 18.0. The molecule has 1 spiro atoms. The van der Waals surface area contributed by atoms with Gasteiger partial charge in [-0.15, -0.1) is 0 Å². The molecule has 1 saturated heterocycles. The van der Waals surface area contributed by atoms with E-state index in [0.29, 0.717) is 54.6 Å². The van der Waals surface area contributed by atoms with E-state index in [-0.39, 0.29) is 35.4 Å². The van der Waals surface area contributed by atoms with Crippen molar-refractivity contribution in [3.63, 3.8) is 0 Å². The van der Waals surface area contributed by atoms with E-state index in [4.69, 9.17) is 22.1 Å². The first-order chi connectivity index (χ1) is 13.4. The van der Waals surface area contributed by atoms with E-state index in [1.54, 1.807) is 18.2 Å². The molecule has 0 unspecified atom stereocenters. The van der Waals surface area contributed by atoms with Crippen LogP contribution in [0.1, 0.15) is 42.5 Å². The second-order valence-electron chi connectivity index (χ2n) is 8.66. The van der Waals surface area contributed by atoms with E-state index >= 15 is 0 Å². The SMILES string of the molecule is NC(=O)C1CCN(C(=O)[C@@H]2[C@@H]3CC[C@@]4(CC(=O)c5cc(Cl)ccc5O4)[C@@H]32)CC1. The second-order valence-corrected chi connectivity index (χ2v) is 9.10. The summed E-state index contributed by atoms with van der Waals surface area (Å²) in [4.78, 5) is 39.1. The van der Waals surface area contributed by atoms with Crippen LogP contribution in [0, 0.1) is 23.7 Å². The number of likely N-dealkylation sites (tertiary alicyclic amines) is 1. The molecular weight excluding hydrogens is 380 g/mol. The van der Waals surface area contributed by atoms with Gasteiger partial charge in [0.15, 0.2) is 5.78 Å². The highest BCUT2D eigenvalue weighted by Crippen LogP contribution is 2.66. The van der Waals surface area contributed by atoms with Crippen LogP contribution in [0.4, 0.5) is 0 Å². The molecule has 6 nitrogen and oxygen atoms in total. The number of ketones is 1. The number of hydrogen-bond acceptors (Lipinski definition) is 4. The Hall–Kier alpha value is -2.08. The van der Waals surface area contributed by atoms with Crippen LogP contribution in [0.2, 0.25) is 5.02 Å². The third-order valence-corrected chi connectivity index (χ3v) is 7.42. The van der Waals surface area contributed by atoms with Gasteiger partial charge in [-0.05, 0) is 49.8 Å². The summed E-state index contributed by atoms with van der Waals surface area (Å²) in [6.07, 6.45) is 3.31. The predicted molar refractivity (Wildman–Crippen MR) is 102 cm³/mol. The number of halogens is 1. The van der Waals surface area contributed by atoms with Crippen LogP contribution < -0.4 is 10.5 Å². The largest absolute Gasteiger partial charge is 0.486 e. The number of nitrogens with zero attached hydrogens (tertiary/aromatic N) is 1. The lowest BCUT2D eigenvalue weighted by atomic mass is 9.84. The average Bonchev–Trinajstić information content (AvgIpc) is 3.32. The topological polar surface area (TPSA) is 89.7 Å². The molecule has 1 aromatic rings. The molecule has 0 aromatic heterocycles. The van der Waals surface area contributed by atoms with Crippen molar-refractivity contribution in [1.29, 1.82) is 0 Å². The molecule has 2 heterocycles. The summed E-state index contributed by atoms with van der Waals surface area (Å²) >= 11 is 6.02. The standard InChI is InChI=1S/C21H23ClN2O4/c22-12-1-2-16-14(9-12)15(25)10-21(28-16)6-3-13-17(18(13)21)20(27)24-7-4-11(5-8-24)19(23)26/h1-2,9,11,13,17-18H,3-8,10H2,(H2,23,26)/t13-,17+,18-,21+/m0/s1. The summed E-state index contributed by atoms with van der Waals surface area (Å²) in [5.41, 5.74) is 5.37. The molecule has 5 rings (SSSR count). The van der Waals surface area contributed by atoms with Crippen LogP contribution in [0.3, 0.4) is 0 Å². The number of piperidine rings is 1. The zero-order valence-corrected chi connectivity index (χ0v) is 16.3. The van der Waals surface area contributed by atoms with Gasteiger partial charge < -0.3 is 15.4 Å². The lowest BCUT2D eigenvalue weighted by molar-refractivity contribution is -0.137. The summed E-state index contributed by atoms with van der Waals surface area (Å²) in [6.45, 7) is 1.16. The Morgan fingerprint density at radius 2 is 1.96 bits per heavy atom. The van der Waals surface area contributed by atoms with Gasteiger partial charge in [-0.2, -0.15) is 0 Å². The van der Waals surface area contributed by atoms with Crippen molar-refractivity contribution in [3.8, 4) is 5.75 Å². The van der Waals surface area contributed by atoms with Crippen molar-refractivity contribution >= 4 is 29.2 Å². The summed E-state index contributed by atoms with van der Waals surface area (Å²) in [5.74, 6) is 0.700. The fourth-order valence-corrected chi connectivity index (χ4v) is 5.89. The highest BCUT2D eigenvalue weighted by atomic mass is 35.5. The first-order valence-electron chi connectivity index (χ1n) is 9.99. The number of nitrogens with two attached hydrogens (primary N) is 1. The van der Waals surface area contributed by atoms with Crippen molar-refractivity contribution in [3.05, 3.63) is 28.8 Å². The van der Waals surface area contributed by atoms with Gasteiger partial charge in [0.2, 0.25) is 11.8 Å². The van der Waals surface area contributed by atoms with Crippen LogP contribution in [-0.2, 0) is 9.59 Å². The van der Waals surface area contributed by atoms with E-state index in [1.165, 1.54) is 0 Å². The molecule has 2 saturated carbocycles. The molecule has 4 aliphatic rings. The number of ether oxygens (including phenoxy) is 1. The number of amides is 2. The molecule has 2 N–H and O–H groups in total. The van der Waals surface area contributed by atoms with Crippen LogP contribution >= 0.6 is 11.6 Å². The normalized spacial score (nSPS) is 34.0. The second kappa shape index (κ2) is 6.21. The molecule has 148 valence electrons. The number of carbonyl (C=O) groups is 3. The van der Waals surface area contributed by atoms with Crippen LogP contribution in [0.15, 0.2) is 18.2 Å². The summed E-state index contributed by atoms with van der Waals surface area (Å²) < 4.78 is 6.36. The minimum Gasteiger partial charge on any atom is -0.486 e. The molecule has 2 aliphatic heterocycles. The third-order valence-electron chi connectivity index (χ3n) is 7.19. The number of primary amides is 1. The van der Waals surface area contributed by atoms with Gasteiger partial charge in [0.25, 0.3) is 0 Å². The third kappa shape index (κ3) is 2.65. The van der Waals surface area contributed by atoms with Crippen molar-refractivity contribution in [1.82, 2.24) is 4.90 Å². The molecule has 7 heteroatoms. The van der Waals surface area contributed by atoms with E-state index in [0.717, 1.165) is 12.8 Å². The van der Waals surface area contributed by atoms with E-state index < -0.39 is 5.60 Å². The smallest absolute Gasteiger partial charge is 0.226 e. The quantitative estimate of drug-likeness (QED) is 0.822. The number of Topliss-reactive ketones (excluding diaryl/α,β-unsaturated/α-hetero) is 1. The van der Waals surface area contributed by atoms with Gasteiger partial charge in [0.1, 0.15) is 11.4 Å². The zero-order chi connectivity index (χ0) is 19.6. The number of benzene rings is 1. The molecule has 2 aliphatic carbocycles. The van der Waals surface area contributed by atoms with Crippen molar-refractivity contribution in [2.24, 2.45) is 29.4 Å². The van der Waals surface area contributed by atoms with Crippen LogP contribution in [0.5, 0.6) is 5.75 Å². The maximum atomic E-state index is 13.1. The van der Waals surface area contributed by atoms with Crippen molar-refractivity contribution in [2.75, 3.05) is 13.1 Å². The monoisotopic (exact) mass is 402 g/mol. The highest BCUT2D eigenvalue weighted by molar-refractivity contribution is 6.31. The number of fused-ring (bicyclic) bond motifs is 3. The fraction of sp³-hybridized carbons (Fsp3) is 0.571. The van der Waals surface area contributed by atoms with E-state index in [2.05, 4.69) is 0 Å². The van der Waals surface area contributed by atoms with Gasteiger partial charge in [0.05, 0.1) is 12.0 Å². The Kier molecular flexibility index (Phi) is 3.99. The molecule has 1 aromatic carbocycles. The van der Waals surface area contributed by atoms with Gasteiger partial charge >= 0.3 is 0 Å². The Morgan fingerprint density at radius 1 is 1.21 bits per heavy atom. The van der Waals surface area contributed by atoms with E-state index in [1.807, 2.05) is 4.90 Å². The lowest BCUT2D eigenvalue weighted by Gasteiger charge is -2.38. The van der Waals surface area contributed by atoms with Gasteiger partial charge in [-0.1, -0.05) is 11.6 Å². The summed E-state index contributed by atoms with van der Waals surface area (Å²) in [7, 11) is 0. The van der Waals surface area contributed by atoms with Gasteiger partial charge in [0, 0.05) is 35.9 Å². The highest BCUT2D eigenvalue weighted by Gasteiger charge is 2.71. The van der Waals surface area contributed by atoms with Crippen molar-refractivity contribution in [2.45, 2.75) is 37.7 Å². The molecule has 0 bridgehead atoms. The fourth-order valence-electron chi connectivity index (χ4n) is 5.72. The molecule has 28 heavy (non-hydrogen) atoms. The summed E-state index contributed by atoms with van der Waals surface area (Å²) in [6, 6.07) is 5.16. The molecule has 2 amide bonds. The first-order valence-corrected chi connectivity index (χ1v) is 10.4. The lowest BCUT2D eigenvalue weighted by Crippen LogP contribution is -2.46. The Morgan fingerprint density at radius 3 is 2.68 bits per heavy atom. The van der Waals surface area contributed by atoms with Gasteiger partial charge in [-0.25, -0.2) is 0 Å². The van der Waals surface area contributed by atoms with E-state index in [9.17, 15) is 14.4 Å². The maximum Gasteiger partial charge on any atom is 0.226 e.